The second-order valence-electron chi connectivity index (χ2n) is 10.1. The quantitative estimate of drug-likeness (QED) is 0.151. The van der Waals surface area contributed by atoms with E-state index in [4.69, 9.17) is 0 Å². The Kier molecular flexibility index (Phi) is 9.75. The number of nitrogens with zero attached hydrogens (tertiary/aromatic N) is 2. The molecule has 0 spiro atoms. The molecule has 0 atom stereocenters. The SMILES string of the molecule is Cc1ccc(S(=O)(=O)Nc2ccccc2Sc2cc(C#N)c(C#N)cc2Sc2ccccc2NS(=O)(=O)c2ccc(C)cc2)cc1. The Hall–Kier alpha value is -4.72. The third-order valence-corrected chi connectivity index (χ3v) is 11.8. The first-order chi connectivity index (χ1) is 22.0. The third-order valence-electron chi connectivity index (χ3n) is 6.69. The largest absolute Gasteiger partial charge is 0.278 e. The molecule has 0 saturated heterocycles. The number of para-hydroxylation sites is 2. The van der Waals surface area contributed by atoms with Crippen LogP contribution in [0.1, 0.15) is 22.3 Å². The Labute approximate surface area is 277 Å². The number of hydrogen-bond donors (Lipinski definition) is 2. The number of nitrogens with one attached hydrogen (secondary N) is 2. The fourth-order valence-electron chi connectivity index (χ4n) is 4.26. The maximum absolute atomic E-state index is 13.2. The molecule has 0 unspecified atom stereocenters. The predicted molar refractivity (Wildman–Crippen MR) is 181 cm³/mol. The van der Waals surface area contributed by atoms with Gasteiger partial charge in [0.2, 0.25) is 0 Å². The molecule has 12 heteroatoms. The van der Waals surface area contributed by atoms with Gasteiger partial charge in [0.15, 0.2) is 0 Å². The molecule has 0 aliphatic heterocycles. The minimum Gasteiger partial charge on any atom is -0.278 e. The molecule has 0 aliphatic rings. The van der Waals surface area contributed by atoms with E-state index in [2.05, 4.69) is 21.6 Å². The van der Waals surface area contributed by atoms with Gasteiger partial charge in [0.25, 0.3) is 20.0 Å². The number of hydrogen-bond acceptors (Lipinski definition) is 8. The number of nitriles is 2. The number of sulfonamides is 2. The number of rotatable bonds is 10. The molecule has 8 nitrogen and oxygen atoms in total. The Bertz CT molecular complexity index is 2060. The molecule has 5 aromatic carbocycles. The molecule has 0 bridgehead atoms. The van der Waals surface area contributed by atoms with Crippen molar-refractivity contribution < 1.29 is 16.8 Å². The lowest BCUT2D eigenvalue weighted by Crippen LogP contribution is -2.13. The first kappa shape index (κ1) is 32.7. The van der Waals surface area contributed by atoms with Gasteiger partial charge in [-0.3, -0.25) is 9.44 Å². The van der Waals surface area contributed by atoms with E-state index in [-0.39, 0.29) is 20.9 Å². The van der Waals surface area contributed by atoms with Crippen LogP contribution in [0.5, 0.6) is 0 Å². The second-order valence-corrected chi connectivity index (χ2v) is 15.6. The summed E-state index contributed by atoms with van der Waals surface area (Å²) in [5.41, 5.74) is 2.83. The van der Waals surface area contributed by atoms with Crippen molar-refractivity contribution >= 4 is 54.9 Å². The topological polar surface area (TPSA) is 140 Å². The maximum atomic E-state index is 13.2. The Morgan fingerprint density at radius 1 is 0.522 bits per heavy atom. The highest BCUT2D eigenvalue weighted by Gasteiger charge is 2.20. The van der Waals surface area contributed by atoms with Crippen LogP contribution in [-0.4, -0.2) is 16.8 Å². The number of benzene rings is 5. The Morgan fingerprint density at radius 2 is 0.870 bits per heavy atom. The van der Waals surface area contributed by atoms with Gasteiger partial charge in [0.1, 0.15) is 12.1 Å². The minimum absolute atomic E-state index is 0.115. The van der Waals surface area contributed by atoms with E-state index in [1.54, 1.807) is 84.9 Å². The molecule has 0 amide bonds. The molecule has 2 N–H and O–H groups in total. The van der Waals surface area contributed by atoms with E-state index in [0.29, 0.717) is 31.0 Å². The van der Waals surface area contributed by atoms with Crippen molar-refractivity contribution in [2.75, 3.05) is 9.44 Å². The summed E-state index contributed by atoms with van der Waals surface area (Å²) >= 11 is 2.43. The predicted octanol–water partition coefficient (Wildman–Crippen LogP) is 7.95. The summed E-state index contributed by atoms with van der Waals surface area (Å²) in [6.07, 6.45) is 0. The summed E-state index contributed by atoms with van der Waals surface area (Å²) < 4.78 is 58.2. The lowest BCUT2D eigenvalue weighted by Gasteiger charge is -2.16. The lowest BCUT2D eigenvalue weighted by molar-refractivity contribution is 0.599. The number of anilines is 2. The van der Waals surface area contributed by atoms with Gasteiger partial charge in [-0.15, -0.1) is 0 Å². The highest BCUT2D eigenvalue weighted by atomic mass is 32.2. The standard InChI is InChI=1S/C34H26N4O4S4/c1-23-11-15-27(16-12-23)45(39,40)37-29-7-3-5-9-31(29)43-33-19-25(21-35)26(22-36)20-34(33)44-32-10-6-4-8-30(32)38-46(41,42)28-17-13-24(2)14-18-28/h3-20,37-38H,1-2H3. The zero-order chi connectivity index (χ0) is 32.9. The Balaban J connectivity index is 1.51. The van der Waals surface area contributed by atoms with Crippen LogP contribution in [0.2, 0.25) is 0 Å². The zero-order valence-corrected chi connectivity index (χ0v) is 27.8. The number of aryl methyl sites for hydroxylation is 2. The van der Waals surface area contributed by atoms with E-state index >= 15 is 0 Å². The molecule has 230 valence electrons. The van der Waals surface area contributed by atoms with Crippen molar-refractivity contribution in [1.82, 2.24) is 0 Å². The van der Waals surface area contributed by atoms with Crippen molar-refractivity contribution in [2.45, 2.75) is 43.2 Å². The van der Waals surface area contributed by atoms with Crippen LogP contribution in [0.4, 0.5) is 11.4 Å². The van der Waals surface area contributed by atoms with Gasteiger partial charge in [-0.25, -0.2) is 16.8 Å². The fourth-order valence-corrected chi connectivity index (χ4v) is 8.70. The molecule has 0 saturated carbocycles. The van der Waals surface area contributed by atoms with Crippen LogP contribution in [0.15, 0.2) is 139 Å². The lowest BCUT2D eigenvalue weighted by atomic mass is 10.1. The average molecular weight is 683 g/mol. The molecule has 0 aromatic heterocycles. The summed E-state index contributed by atoms with van der Waals surface area (Å²) in [5.74, 6) is 0. The Morgan fingerprint density at radius 3 is 1.22 bits per heavy atom. The molecule has 46 heavy (non-hydrogen) atoms. The molecular formula is C34H26N4O4S4. The van der Waals surface area contributed by atoms with Crippen LogP contribution >= 0.6 is 23.5 Å². The summed E-state index contributed by atoms with van der Waals surface area (Å²) in [4.78, 5) is 2.48. The van der Waals surface area contributed by atoms with Gasteiger partial charge in [-0.05, 0) is 74.5 Å². The van der Waals surface area contributed by atoms with E-state index in [1.165, 1.54) is 47.8 Å². The van der Waals surface area contributed by atoms with Crippen LogP contribution in [0, 0.1) is 36.5 Å². The highest BCUT2D eigenvalue weighted by molar-refractivity contribution is 8.02. The van der Waals surface area contributed by atoms with Crippen molar-refractivity contribution in [3.8, 4) is 12.1 Å². The molecule has 0 heterocycles. The smallest absolute Gasteiger partial charge is 0.261 e. The van der Waals surface area contributed by atoms with Gasteiger partial charge in [0, 0.05) is 19.6 Å². The molecule has 5 rings (SSSR count). The van der Waals surface area contributed by atoms with Crippen molar-refractivity contribution in [3.63, 3.8) is 0 Å². The summed E-state index contributed by atoms with van der Waals surface area (Å²) in [5, 5.41) is 19.6. The van der Waals surface area contributed by atoms with E-state index in [0.717, 1.165) is 11.1 Å². The average Bonchev–Trinajstić information content (AvgIpc) is 3.03. The first-order valence-corrected chi connectivity index (χ1v) is 18.3. The van der Waals surface area contributed by atoms with Gasteiger partial charge in [0.05, 0.1) is 32.3 Å². The maximum Gasteiger partial charge on any atom is 0.261 e. The fraction of sp³-hybridized carbons (Fsp3) is 0.0588. The summed E-state index contributed by atoms with van der Waals surface area (Å²) in [6.45, 7) is 3.74. The van der Waals surface area contributed by atoms with Gasteiger partial charge < -0.3 is 0 Å². The molecule has 0 radical (unpaired) electrons. The third kappa shape index (κ3) is 7.56. The van der Waals surface area contributed by atoms with Gasteiger partial charge in [-0.1, -0.05) is 83.2 Å². The second kappa shape index (κ2) is 13.7. The molecule has 0 fully saturated rings. The summed E-state index contributed by atoms with van der Waals surface area (Å²) in [6, 6.07) is 34.0. The molecule has 0 aliphatic carbocycles. The van der Waals surface area contributed by atoms with Crippen molar-refractivity contribution in [2.24, 2.45) is 0 Å². The van der Waals surface area contributed by atoms with Crippen LogP contribution in [0.25, 0.3) is 0 Å². The monoisotopic (exact) mass is 682 g/mol. The van der Waals surface area contributed by atoms with E-state index < -0.39 is 20.0 Å². The minimum atomic E-state index is -3.90. The molecular weight excluding hydrogens is 657 g/mol. The summed E-state index contributed by atoms with van der Waals surface area (Å²) in [7, 11) is -7.81. The van der Waals surface area contributed by atoms with E-state index in [9.17, 15) is 27.4 Å². The van der Waals surface area contributed by atoms with Crippen LogP contribution in [-0.2, 0) is 20.0 Å². The van der Waals surface area contributed by atoms with Crippen LogP contribution < -0.4 is 9.44 Å². The zero-order valence-electron chi connectivity index (χ0n) is 24.6. The van der Waals surface area contributed by atoms with E-state index in [1.807, 2.05) is 13.8 Å². The first-order valence-electron chi connectivity index (χ1n) is 13.7. The van der Waals surface area contributed by atoms with Gasteiger partial charge in [-0.2, -0.15) is 10.5 Å². The van der Waals surface area contributed by atoms with Crippen molar-refractivity contribution in [1.29, 1.82) is 10.5 Å². The molecule has 5 aromatic rings. The van der Waals surface area contributed by atoms with Gasteiger partial charge >= 0.3 is 0 Å². The normalized spacial score (nSPS) is 11.3. The van der Waals surface area contributed by atoms with Crippen LogP contribution in [0.3, 0.4) is 0 Å². The highest BCUT2D eigenvalue weighted by Crippen LogP contribution is 2.44. The van der Waals surface area contributed by atoms with Crippen molar-refractivity contribution in [3.05, 3.63) is 131 Å².